The number of ether oxygens (including phenoxy) is 2. The minimum absolute atomic E-state index is 0.0771. The second-order valence-electron chi connectivity index (χ2n) is 7.58. The van der Waals surface area contributed by atoms with Crippen molar-refractivity contribution in [1.29, 1.82) is 0 Å². The minimum Gasteiger partial charge on any atom is -0.508 e. The topological polar surface area (TPSA) is 102 Å². The number of phenols is 1. The van der Waals surface area contributed by atoms with E-state index in [1.165, 1.54) is 12.1 Å². The fourth-order valence-corrected chi connectivity index (χ4v) is 4.27. The van der Waals surface area contributed by atoms with Crippen LogP contribution in [-0.2, 0) is 23.9 Å². The van der Waals surface area contributed by atoms with Gasteiger partial charge in [0.25, 0.3) is 0 Å². The number of hydrogen-bond acceptors (Lipinski definition) is 7. The van der Waals surface area contributed by atoms with E-state index in [1.54, 1.807) is 32.9 Å². The Morgan fingerprint density at radius 3 is 2.37 bits per heavy atom. The molecule has 1 aliphatic carbocycles. The van der Waals surface area contributed by atoms with E-state index in [4.69, 9.17) is 9.47 Å². The first kappa shape index (κ1) is 21.6. The average Bonchev–Trinajstić information content (AvgIpc) is 2.68. The Bertz CT molecular complexity index is 928. The Balaban J connectivity index is 2.15. The lowest BCUT2D eigenvalue weighted by Gasteiger charge is -2.38. The zero-order valence-corrected chi connectivity index (χ0v) is 17.7. The Hall–Kier alpha value is -3.09. The van der Waals surface area contributed by atoms with E-state index in [1.807, 2.05) is 6.92 Å². The lowest BCUT2D eigenvalue weighted by Crippen LogP contribution is -2.43. The number of benzene rings is 1. The molecule has 3 atom stereocenters. The maximum atomic E-state index is 13.5. The number of ketones is 1. The molecule has 30 heavy (non-hydrogen) atoms. The third-order valence-corrected chi connectivity index (χ3v) is 5.55. The smallest absolute Gasteiger partial charge is 0.336 e. The molecule has 0 bridgehead atoms. The quantitative estimate of drug-likeness (QED) is 0.565. The second-order valence-corrected chi connectivity index (χ2v) is 7.58. The predicted octanol–water partition coefficient (Wildman–Crippen LogP) is 2.96. The van der Waals surface area contributed by atoms with E-state index in [9.17, 15) is 19.5 Å². The van der Waals surface area contributed by atoms with Crippen molar-refractivity contribution in [3.05, 3.63) is 52.4 Å². The Morgan fingerprint density at radius 2 is 1.77 bits per heavy atom. The molecule has 7 nitrogen and oxygen atoms in total. The van der Waals surface area contributed by atoms with Gasteiger partial charge in [-0.15, -0.1) is 0 Å². The van der Waals surface area contributed by atoms with Crippen molar-refractivity contribution in [3.8, 4) is 5.75 Å². The van der Waals surface area contributed by atoms with Gasteiger partial charge in [0.15, 0.2) is 5.78 Å². The molecule has 2 N–H and O–H groups in total. The highest BCUT2D eigenvalue weighted by Crippen LogP contribution is 2.45. The molecule has 7 heteroatoms. The number of carbonyl (C=O) groups is 3. The number of aromatic hydroxyl groups is 1. The van der Waals surface area contributed by atoms with E-state index in [0.29, 0.717) is 34.5 Å². The molecule has 0 amide bonds. The summed E-state index contributed by atoms with van der Waals surface area (Å²) in [5, 5.41) is 12.9. The van der Waals surface area contributed by atoms with E-state index < -0.39 is 23.8 Å². The van der Waals surface area contributed by atoms with Gasteiger partial charge in [0.1, 0.15) is 11.7 Å². The molecule has 0 saturated heterocycles. The van der Waals surface area contributed by atoms with Gasteiger partial charge in [-0.3, -0.25) is 9.59 Å². The monoisotopic (exact) mass is 413 g/mol. The van der Waals surface area contributed by atoms with Gasteiger partial charge in [-0.05, 0) is 50.8 Å². The van der Waals surface area contributed by atoms with Crippen LogP contribution in [0, 0.1) is 11.8 Å². The summed E-state index contributed by atoms with van der Waals surface area (Å²) in [6.45, 7) is 7.42. The van der Waals surface area contributed by atoms with Gasteiger partial charge in [0.05, 0.1) is 18.8 Å². The Labute approximate surface area is 175 Å². The zero-order valence-electron chi connectivity index (χ0n) is 17.7. The molecule has 0 radical (unpaired) electrons. The van der Waals surface area contributed by atoms with Crippen molar-refractivity contribution in [2.24, 2.45) is 11.8 Å². The number of allylic oxidation sites excluding steroid dienone is 3. The van der Waals surface area contributed by atoms with Gasteiger partial charge in [-0.2, -0.15) is 0 Å². The van der Waals surface area contributed by atoms with Crippen LogP contribution in [0.1, 0.15) is 45.6 Å². The summed E-state index contributed by atoms with van der Waals surface area (Å²) in [6, 6.07) is 6.36. The highest BCUT2D eigenvalue weighted by molar-refractivity contribution is 6.12. The molecule has 2 aliphatic rings. The summed E-state index contributed by atoms with van der Waals surface area (Å²) in [7, 11) is 0. The Morgan fingerprint density at radius 1 is 1.13 bits per heavy atom. The highest BCUT2D eigenvalue weighted by atomic mass is 16.5. The molecule has 1 aromatic rings. The summed E-state index contributed by atoms with van der Waals surface area (Å²) in [5.41, 5.74) is 2.68. The Kier molecular flexibility index (Phi) is 6.29. The maximum absolute atomic E-state index is 13.5. The molecule has 1 heterocycles. The van der Waals surface area contributed by atoms with Gasteiger partial charge in [0.2, 0.25) is 0 Å². The van der Waals surface area contributed by atoms with Gasteiger partial charge in [0, 0.05) is 22.9 Å². The average molecular weight is 413 g/mol. The van der Waals surface area contributed by atoms with Crippen molar-refractivity contribution in [1.82, 2.24) is 5.32 Å². The number of phenolic OH excluding ortho intramolecular Hbond substituents is 1. The van der Waals surface area contributed by atoms with Crippen molar-refractivity contribution in [3.63, 3.8) is 0 Å². The van der Waals surface area contributed by atoms with Crippen LogP contribution in [0.3, 0.4) is 0 Å². The molecule has 1 aromatic carbocycles. The largest absolute Gasteiger partial charge is 0.508 e. The van der Waals surface area contributed by atoms with Crippen molar-refractivity contribution >= 4 is 17.7 Å². The number of carbonyl (C=O) groups excluding carboxylic acids is 3. The van der Waals surface area contributed by atoms with E-state index >= 15 is 0 Å². The van der Waals surface area contributed by atoms with Gasteiger partial charge >= 0.3 is 11.9 Å². The fourth-order valence-electron chi connectivity index (χ4n) is 4.27. The van der Waals surface area contributed by atoms with Crippen LogP contribution in [0.25, 0.3) is 0 Å². The molecule has 0 saturated carbocycles. The molecule has 0 aromatic heterocycles. The number of hydrogen-bond donors (Lipinski definition) is 2. The van der Waals surface area contributed by atoms with Gasteiger partial charge in [-0.1, -0.05) is 19.1 Å². The molecular weight excluding hydrogens is 386 g/mol. The summed E-state index contributed by atoms with van der Waals surface area (Å²) >= 11 is 0. The standard InChI is InChI=1S/C23H27NO6/c1-5-29-22(27)17-12(3)11-16-20(21(17)26)19(14-7-9-15(25)10-8-14)18(13(4)24-16)23(28)30-6-2/h7-10,12,17,19,24-25H,5-6,11H2,1-4H3. The van der Waals surface area contributed by atoms with Gasteiger partial charge in [-0.25, -0.2) is 4.79 Å². The lowest BCUT2D eigenvalue weighted by molar-refractivity contribution is -0.153. The van der Waals surface area contributed by atoms with E-state index in [-0.39, 0.29) is 30.7 Å². The van der Waals surface area contributed by atoms with Crippen molar-refractivity contribution in [2.75, 3.05) is 13.2 Å². The molecule has 0 fully saturated rings. The maximum Gasteiger partial charge on any atom is 0.336 e. The SMILES string of the molecule is CCOC(=O)C1=C(C)NC2=C(C(=O)C(C(=O)OCC)C(C)C2)C1c1ccc(O)cc1. The van der Waals surface area contributed by atoms with Crippen molar-refractivity contribution in [2.45, 2.75) is 40.0 Å². The number of rotatable bonds is 5. The summed E-state index contributed by atoms with van der Waals surface area (Å²) in [6.07, 6.45) is 0.479. The predicted molar refractivity (Wildman–Crippen MR) is 109 cm³/mol. The van der Waals surface area contributed by atoms with Gasteiger partial charge < -0.3 is 19.9 Å². The normalized spacial score (nSPS) is 23.6. The minimum atomic E-state index is -0.924. The van der Waals surface area contributed by atoms with E-state index in [2.05, 4.69) is 5.32 Å². The molecule has 160 valence electrons. The highest BCUT2D eigenvalue weighted by Gasteiger charge is 2.47. The van der Waals surface area contributed by atoms with Crippen LogP contribution in [0.4, 0.5) is 0 Å². The van der Waals surface area contributed by atoms with Crippen LogP contribution < -0.4 is 5.32 Å². The first-order valence-electron chi connectivity index (χ1n) is 10.2. The van der Waals surface area contributed by atoms with Crippen LogP contribution in [0.2, 0.25) is 0 Å². The zero-order chi connectivity index (χ0) is 22.0. The number of dihydropyridines is 1. The van der Waals surface area contributed by atoms with Crippen LogP contribution in [0.5, 0.6) is 5.75 Å². The van der Waals surface area contributed by atoms with Crippen LogP contribution in [0.15, 0.2) is 46.8 Å². The summed E-state index contributed by atoms with van der Waals surface area (Å²) in [4.78, 5) is 38.9. The van der Waals surface area contributed by atoms with Crippen LogP contribution in [-0.4, -0.2) is 36.0 Å². The van der Waals surface area contributed by atoms with Crippen LogP contribution >= 0.6 is 0 Å². The molecule has 1 aliphatic heterocycles. The number of Topliss-reactive ketones (excluding diaryl/α,β-unsaturated/α-hetero) is 1. The number of nitrogens with one attached hydrogen (secondary N) is 1. The molecule has 3 unspecified atom stereocenters. The fraction of sp³-hybridized carbons (Fsp3) is 0.435. The third kappa shape index (κ3) is 3.84. The van der Waals surface area contributed by atoms with Crippen molar-refractivity contribution < 1.29 is 29.0 Å². The van der Waals surface area contributed by atoms with E-state index in [0.717, 1.165) is 0 Å². The molecular formula is C23H27NO6. The molecule has 3 rings (SSSR count). The lowest BCUT2D eigenvalue weighted by atomic mass is 9.69. The molecule has 0 spiro atoms. The number of esters is 2. The first-order valence-corrected chi connectivity index (χ1v) is 10.2. The summed E-state index contributed by atoms with van der Waals surface area (Å²) < 4.78 is 10.4. The second kappa shape index (κ2) is 8.73. The third-order valence-electron chi connectivity index (χ3n) is 5.55. The first-order chi connectivity index (χ1) is 14.3. The summed E-state index contributed by atoms with van der Waals surface area (Å²) in [5.74, 6) is -3.19.